The molecule has 0 spiro atoms. The minimum absolute atomic E-state index is 0.101. The minimum atomic E-state index is -0.101. The van der Waals surface area contributed by atoms with Crippen LogP contribution in [0.25, 0.3) is 10.9 Å². The number of rotatable bonds is 10. The highest BCUT2D eigenvalue weighted by molar-refractivity contribution is 6.01. The van der Waals surface area contributed by atoms with E-state index in [9.17, 15) is 4.79 Å². The Hall–Kier alpha value is -2.90. The smallest absolute Gasteiger partial charge is 0.224 e. The summed E-state index contributed by atoms with van der Waals surface area (Å²) in [5, 5.41) is 19.8. The molecule has 4 bridgehead atoms. The van der Waals surface area contributed by atoms with Gasteiger partial charge < -0.3 is 25.5 Å². The Kier molecular flexibility index (Phi) is 6.44. The lowest BCUT2D eigenvalue weighted by atomic mass is 9.49. The SMILES string of the molecule is O=C(CC12CC3CC(CC(C3)C1)C2)Nc1cccc2nc(NCCN[CH]c3ccc(CO)o3)ccc12. The highest BCUT2D eigenvalue weighted by Crippen LogP contribution is 2.61. The van der Waals surface area contributed by atoms with E-state index in [1.54, 1.807) is 12.6 Å². The third kappa shape index (κ3) is 5.00. The number of amides is 1. The van der Waals surface area contributed by atoms with Gasteiger partial charge in [0.1, 0.15) is 23.9 Å². The van der Waals surface area contributed by atoms with Crippen LogP contribution in [0.4, 0.5) is 11.5 Å². The van der Waals surface area contributed by atoms with E-state index < -0.39 is 0 Å². The van der Waals surface area contributed by atoms with Gasteiger partial charge in [-0.25, -0.2) is 4.98 Å². The molecule has 2 heterocycles. The summed E-state index contributed by atoms with van der Waals surface area (Å²) in [6.07, 6.45) is 8.59. The lowest BCUT2D eigenvalue weighted by molar-refractivity contribution is -0.124. The highest BCUT2D eigenvalue weighted by atomic mass is 16.4. The fraction of sp³-hybridized carbons (Fsp3) is 0.483. The van der Waals surface area contributed by atoms with Crippen LogP contribution >= 0.6 is 0 Å². The molecule has 2 aromatic heterocycles. The van der Waals surface area contributed by atoms with Gasteiger partial charge in [0, 0.05) is 24.9 Å². The number of nitrogens with one attached hydrogen (secondary N) is 3. The predicted molar refractivity (Wildman–Crippen MR) is 140 cm³/mol. The molecule has 4 aliphatic carbocycles. The number of hydrogen-bond acceptors (Lipinski definition) is 6. The number of carbonyl (C=O) groups is 1. The van der Waals surface area contributed by atoms with Crippen molar-refractivity contribution in [3.8, 4) is 0 Å². The van der Waals surface area contributed by atoms with Crippen molar-refractivity contribution >= 4 is 28.3 Å². The number of carbonyl (C=O) groups excluding carboxylic acids is 1. The molecule has 1 aromatic carbocycles. The molecule has 4 N–H and O–H groups in total. The number of nitrogens with zero attached hydrogens (tertiary/aromatic N) is 1. The zero-order chi connectivity index (χ0) is 24.5. The first kappa shape index (κ1) is 23.5. The van der Waals surface area contributed by atoms with E-state index in [0.717, 1.165) is 40.2 Å². The number of aliphatic hydroxyl groups excluding tert-OH is 1. The summed E-state index contributed by atoms with van der Waals surface area (Å²) in [6, 6.07) is 13.5. The lowest BCUT2D eigenvalue weighted by Crippen LogP contribution is -2.47. The molecule has 189 valence electrons. The van der Waals surface area contributed by atoms with Crippen molar-refractivity contribution in [3.63, 3.8) is 0 Å². The molecule has 0 atom stereocenters. The number of fused-ring (bicyclic) bond motifs is 1. The largest absolute Gasteiger partial charge is 0.462 e. The fourth-order valence-corrected chi connectivity index (χ4v) is 7.40. The fourth-order valence-electron chi connectivity index (χ4n) is 7.40. The van der Waals surface area contributed by atoms with Gasteiger partial charge in [-0.3, -0.25) is 4.79 Å². The van der Waals surface area contributed by atoms with Crippen LogP contribution in [-0.4, -0.2) is 29.1 Å². The maximum absolute atomic E-state index is 13.2. The van der Waals surface area contributed by atoms with Gasteiger partial charge in [-0.1, -0.05) is 6.07 Å². The molecule has 4 saturated carbocycles. The molecular weight excluding hydrogens is 452 g/mol. The van der Waals surface area contributed by atoms with Crippen LogP contribution in [0.2, 0.25) is 0 Å². The Morgan fingerprint density at radius 2 is 1.81 bits per heavy atom. The van der Waals surface area contributed by atoms with Crippen molar-refractivity contribution < 1.29 is 14.3 Å². The Labute approximate surface area is 212 Å². The van der Waals surface area contributed by atoms with Crippen LogP contribution in [0.5, 0.6) is 0 Å². The van der Waals surface area contributed by atoms with E-state index in [2.05, 4.69) is 16.0 Å². The van der Waals surface area contributed by atoms with Gasteiger partial charge in [-0.2, -0.15) is 0 Å². The van der Waals surface area contributed by atoms with Crippen LogP contribution in [-0.2, 0) is 11.4 Å². The number of anilines is 2. The quantitative estimate of drug-likeness (QED) is 0.298. The van der Waals surface area contributed by atoms with E-state index in [0.29, 0.717) is 31.0 Å². The second-order valence-corrected chi connectivity index (χ2v) is 11.2. The number of pyridine rings is 1. The van der Waals surface area contributed by atoms with Crippen LogP contribution in [0, 0.1) is 29.7 Å². The van der Waals surface area contributed by atoms with Gasteiger partial charge in [0.25, 0.3) is 0 Å². The lowest BCUT2D eigenvalue weighted by Gasteiger charge is -2.56. The molecule has 0 saturated heterocycles. The molecule has 3 aromatic rings. The van der Waals surface area contributed by atoms with E-state index >= 15 is 0 Å². The molecule has 1 amide bonds. The van der Waals surface area contributed by atoms with Crippen molar-refractivity contribution in [2.75, 3.05) is 23.7 Å². The van der Waals surface area contributed by atoms with Gasteiger partial charge in [0.2, 0.25) is 5.91 Å². The summed E-state index contributed by atoms with van der Waals surface area (Å²) < 4.78 is 5.42. The van der Waals surface area contributed by atoms with Crippen LogP contribution in [0.15, 0.2) is 46.9 Å². The van der Waals surface area contributed by atoms with Crippen molar-refractivity contribution in [2.45, 2.75) is 51.6 Å². The summed E-state index contributed by atoms with van der Waals surface area (Å²) in [7, 11) is 0. The molecule has 7 rings (SSSR count). The van der Waals surface area contributed by atoms with Gasteiger partial charge in [-0.15, -0.1) is 0 Å². The molecule has 4 aliphatic rings. The summed E-state index contributed by atoms with van der Waals surface area (Å²) in [4.78, 5) is 17.9. The van der Waals surface area contributed by atoms with E-state index in [-0.39, 0.29) is 17.9 Å². The minimum Gasteiger partial charge on any atom is -0.462 e. The van der Waals surface area contributed by atoms with Gasteiger partial charge >= 0.3 is 0 Å². The standard InChI is InChI=1S/C29H35N4O3/c34-18-23-5-4-22(36-23)17-30-8-9-31-27-7-6-24-25(32-27)2-1-3-26(24)33-28(35)16-29-13-19-10-20(14-29)12-21(11-19)15-29/h1-7,17,19-21,30,34H,8-16,18H2,(H,31,32)(H,33,35). The van der Waals surface area contributed by atoms with Gasteiger partial charge in [-0.05, 0) is 98.1 Å². The van der Waals surface area contributed by atoms with Crippen LogP contribution in [0.3, 0.4) is 0 Å². The Bertz CT molecular complexity index is 1200. The predicted octanol–water partition coefficient (Wildman–Crippen LogP) is 5.08. The third-order valence-corrected chi connectivity index (χ3v) is 8.36. The first-order valence-corrected chi connectivity index (χ1v) is 13.3. The Morgan fingerprint density at radius 1 is 1.03 bits per heavy atom. The number of benzene rings is 1. The number of aromatic nitrogens is 1. The number of aliphatic hydroxyl groups is 1. The molecule has 1 radical (unpaired) electrons. The van der Waals surface area contributed by atoms with Crippen LogP contribution in [0.1, 0.15) is 56.5 Å². The molecule has 7 heteroatoms. The number of furan rings is 1. The van der Waals surface area contributed by atoms with Gasteiger partial charge in [0.15, 0.2) is 0 Å². The van der Waals surface area contributed by atoms with Crippen molar-refractivity contribution in [2.24, 2.45) is 23.2 Å². The first-order valence-electron chi connectivity index (χ1n) is 13.3. The average molecular weight is 488 g/mol. The van der Waals surface area contributed by atoms with E-state index in [1.165, 1.54) is 38.5 Å². The topological polar surface area (TPSA) is 99.4 Å². The van der Waals surface area contributed by atoms with Crippen molar-refractivity contribution in [3.05, 3.63) is 60.5 Å². The second-order valence-electron chi connectivity index (χ2n) is 11.2. The summed E-state index contributed by atoms with van der Waals surface area (Å²) in [6.45, 7) is 3.06. The first-order chi connectivity index (χ1) is 17.6. The molecular formula is C29H35N4O3. The second kappa shape index (κ2) is 9.87. The van der Waals surface area contributed by atoms with E-state index in [4.69, 9.17) is 14.5 Å². The Morgan fingerprint density at radius 3 is 2.53 bits per heavy atom. The third-order valence-electron chi connectivity index (χ3n) is 8.36. The highest BCUT2D eigenvalue weighted by Gasteiger charge is 2.51. The molecule has 36 heavy (non-hydrogen) atoms. The number of hydrogen-bond donors (Lipinski definition) is 4. The normalized spacial score (nSPS) is 26.4. The zero-order valence-corrected chi connectivity index (χ0v) is 20.6. The molecule has 0 unspecified atom stereocenters. The molecule has 7 nitrogen and oxygen atoms in total. The van der Waals surface area contributed by atoms with Gasteiger partial charge in [0.05, 0.1) is 17.7 Å². The molecule has 4 fully saturated rings. The maximum atomic E-state index is 13.2. The zero-order valence-electron chi connectivity index (χ0n) is 20.6. The van der Waals surface area contributed by atoms with Crippen LogP contribution < -0.4 is 16.0 Å². The average Bonchev–Trinajstić information content (AvgIpc) is 3.31. The summed E-state index contributed by atoms with van der Waals surface area (Å²) in [5.74, 6) is 4.74. The summed E-state index contributed by atoms with van der Waals surface area (Å²) in [5.41, 5.74) is 1.94. The molecule has 0 aliphatic heterocycles. The monoisotopic (exact) mass is 487 g/mol. The maximum Gasteiger partial charge on any atom is 0.224 e. The van der Waals surface area contributed by atoms with Crippen molar-refractivity contribution in [1.82, 2.24) is 10.3 Å². The van der Waals surface area contributed by atoms with E-state index in [1.807, 2.05) is 36.4 Å². The Balaban J connectivity index is 1.03. The summed E-state index contributed by atoms with van der Waals surface area (Å²) >= 11 is 0. The van der Waals surface area contributed by atoms with Crippen molar-refractivity contribution in [1.29, 1.82) is 0 Å².